The van der Waals surface area contributed by atoms with E-state index < -0.39 is 10.0 Å². The molecule has 1 N–H and O–H groups in total. The first-order chi connectivity index (χ1) is 11.5. The summed E-state index contributed by atoms with van der Waals surface area (Å²) in [4.78, 5) is 1.03. The number of aromatic nitrogens is 4. The molecule has 0 spiro atoms. The molecule has 2 aromatic heterocycles. The van der Waals surface area contributed by atoms with Crippen molar-refractivity contribution >= 4 is 21.4 Å². The normalized spacial score (nSPS) is 11.8. The van der Waals surface area contributed by atoms with E-state index in [1.54, 1.807) is 6.07 Å². The van der Waals surface area contributed by atoms with Crippen LogP contribution in [0.4, 0.5) is 0 Å². The van der Waals surface area contributed by atoms with Gasteiger partial charge in [0.2, 0.25) is 10.0 Å². The minimum atomic E-state index is -3.57. The minimum Gasteiger partial charge on any atom is -0.206 e. The third-order valence-electron chi connectivity index (χ3n) is 3.48. The number of aryl methyl sites for hydroxylation is 2. The number of benzene rings is 1. The van der Waals surface area contributed by atoms with Gasteiger partial charge in [-0.15, -0.1) is 16.4 Å². The van der Waals surface area contributed by atoms with E-state index >= 15 is 0 Å². The van der Waals surface area contributed by atoms with Gasteiger partial charge >= 0.3 is 0 Å². The van der Waals surface area contributed by atoms with Crippen molar-refractivity contribution in [1.82, 2.24) is 24.9 Å². The van der Waals surface area contributed by atoms with Crippen molar-refractivity contribution in [1.29, 1.82) is 0 Å². The van der Waals surface area contributed by atoms with Crippen LogP contribution in [0.5, 0.6) is 0 Å². The SMILES string of the molecule is CCc1ccc(S(=O)(=O)NCc2nnnn2-c2ccc(C)cc2)s1. The van der Waals surface area contributed by atoms with Crippen LogP contribution in [0.25, 0.3) is 5.69 Å². The molecule has 0 radical (unpaired) electrons. The first kappa shape index (κ1) is 16.7. The third-order valence-corrected chi connectivity index (χ3v) is 6.61. The zero-order chi connectivity index (χ0) is 17.2. The Morgan fingerprint density at radius 1 is 1.17 bits per heavy atom. The molecule has 0 amide bonds. The lowest BCUT2D eigenvalue weighted by molar-refractivity contribution is 0.580. The Morgan fingerprint density at radius 3 is 2.58 bits per heavy atom. The van der Waals surface area contributed by atoms with E-state index in [1.165, 1.54) is 16.0 Å². The highest BCUT2D eigenvalue weighted by atomic mass is 32.2. The third kappa shape index (κ3) is 3.53. The number of nitrogens with zero attached hydrogens (tertiary/aromatic N) is 4. The summed E-state index contributed by atoms with van der Waals surface area (Å²) in [5.41, 5.74) is 1.91. The molecule has 0 aliphatic heterocycles. The van der Waals surface area contributed by atoms with E-state index in [4.69, 9.17) is 0 Å². The van der Waals surface area contributed by atoms with Crippen LogP contribution in [0.1, 0.15) is 23.2 Å². The molecule has 0 fully saturated rings. The Bertz CT molecular complexity index is 929. The maximum atomic E-state index is 12.4. The fourth-order valence-corrected chi connectivity index (χ4v) is 4.45. The fraction of sp³-hybridized carbons (Fsp3) is 0.267. The van der Waals surface area contributed by atoms with Gasteiger partial charge in [-0.25, -0.2) is 13.1 Å². The molecule has 0 atom stereocenters. The second-order valence-corrected chi connectivity index (χ2v) is 8.40. The summed E-state index contributed by atoms with van der Waals surface area (Å²) in [6.45, 7) is 4.00. The van der Waals surface area contributed by atoms with Crippen LogP contribution in [0.2, 0.25) is 0 Å². The molecule has 3 rings (SSSR count). The molecule has 0 saturated carbocycles. The molecular formula is C15H17N5O2S2. The Balaban J connectivity index is 1.78. The molecule has 126 valence electrons. The molecule has 9 heteroatoms. The van der Waals surface area contributed by atoms with Gasteiger partial charge in [-0.3, -0.25) is 0 Å². The van der Waals surface area contributed by atoms with Crippen molar-refractivity contribution in [3.05, 3.63) is 52.7 Å². The van der Waals surface area contributed by atoms with Crippen molar-refractivity contribution in [2.24, 2.45) is 0 Å². The molecule has 1 aromatic carbocycles. The molecular weight excluding hydrogens is 346 g/mol. The van der Waals surface area contributed by atoms with Crippen LogP contribution >= 0.6 is 11.3 Å². The second-order valence-electron chi connectivity index (χ2n) is 5.24. The van der Waals surface area contributed by atoms with Gasteiger partial charge in [0, 0.05) is 4.88 Å². The number of thiophene rings is 1. The van der Waals surface area contributed by atoms with Crippen LogP contribution < -0.4 is 4.72 Å². The summed E-state index contributed by atoms with van der Waals surface area (Å²) in [6.07, 6.45) is 0.811. The van der Waals surface area contributed by atoms with E-state index in [1.807, 2.05) is 44.2 Å². The van der Waals surface area contributed by atoms with Crippen LogP contribution in [-0.4, -0.2) is 28.6 Å². The van der Waals surface area contributed by atoms with E-state index in [0.29, 0.717) is 10.0 Å². The first-order valence-electron chi connectivity index (χ1n) is 7.42. The lowest BCUT2D eigenvalue weighted by atomic mass is 10.2. The molecule has 0 bridgehead atoms. The van der Waals surface area contributed by atoms with Crippen molar-refractivity contribution < 1.29 is 8.42 Å². The molecule has 3 aromatic rings. The second kappa shape index (κ2) is 6.80. The topological polar surface area (TPSA) is 89.8 Å². The monoisotopic (exact) mass is 363 g/mol. The standard InChI is InChI=1S/C15H17N5O2S2/c1-3-13-8-9-15(23-13)24(21,22)16-10-14-17-18-19-20(14)12-6-4-11(2)5-7-12/h4-9,16H,3,10H2,1-2H3. The smallest absolute Gasteiger partial charge is 0.206 e. The Kier molecular flexibility index (Phi) is 4.74. The molecule has 0 aliphatic rings. The Labute approximate surface area is 144 Å². The molecule has 0 aliphatic carbocycles. The molecule has 0 saturated heterocycles. The number of hydrogen-bond donors (Lipinski definition) is 1. The molecule has 7 nitrogen and oxygen atoms in total. The highest BCUT2D eigenvalue weighted by Crippen LogP contribution is 2.22. The average molecular weight is 363 g/mol. The van der Waals surface area contributed by atoms with E-state index in [2.05, 4.69) is 20.2 Å². The highest BCUT2D eigenvalue weighted by Gasteiger charge is 2.18. The van der Waals surface area contributed by atoms with Crippen LogP contribution in [-0.2, 0) is 23.0 Å². The number of nitrogens with one attached hydrogen (secondary N) is 1. The number of rotatable bonds is 6. The summed E-state index contributed by atoms with van der Waals surface area (Å²) in [6, 6.07) is 11.1. The quantitative estimate of drug-likeness (QED) is 0.724. The van der Waals surface area contributed by atoms with Crippen molar-refractivity contribution in [2.75, 3.05) is 0 Å². The van der Waals surface area contributed by atoms with Gasteiger partial charge in [0.05, 0.1) is 12.2 Å². The van der Waals surface area contributed by atoms with E-state index in [0.717, 1.165) is 22.5 Å². The minimum absolute atomic E-state index is 0.0164. The molecule has 0 unspecified atom stereocenters. The Morgan fingerprint density at radius 2 is 1.92 bits per heavy atom. The summed E-state index contributed by atoms with van der Waals surface area (Å²) in [7, 11) is -3.57. The van der Waals surface area contributed by atoms with Crippen molar-refractivity contribution in [3.63, 3.8) is 0 Å². The van der Waals surface area contributed by atoms with Crippen LogP contribution in [0.3, 0.4) is 0 Å². The lowest BCUT2D eigenvalue weighted by Gasteiger charge is -2.06. The summed E-state index contributed by atoms with van der Waals surface area (Å²) in [5.74, 6) is 0.426. The highest BCUT2D eigenvalue weighted by molar-refractivity contribution is 7.91. The van der Waals surface area contributed by atoms with Crippen LogP contribution in [0, 0.1) is 6.92 Å². The zero-order valence-corrected chi connectivity index (χ0v) is 14.9. The van der Waals surface area contributed by atoms with E-state index in [-0.39, 0.29) is 6.54 Å². The summed E-state index contributed by atoms with van der Waals surface area (Å²) >= 11 is 1.27. The largest absolute Gasteiger partial charge is 0.250 e. The number of tetrazole rings is 1. The van der Waals surface area contributed by atoms with Gasteiger partial charge < -0.3 is 0 Å². The van der Waals surface area contributed by atoms with Gasteiger partial charge in [-0.2, -0.15) is 4.68 Å². The molecule has 24 heavy (non-hydrogen) atoms. The fourth-order valence-electron chi connectivity index (χ4n) is 2.13. The Hall–Kier alpha value is -2.10. The van der Waals surface area contributed by atoms with Gasteiger partial charge in [0.15, 0.2) is 5.82 Å². The van der Waals surface area contributed by atoms with Crippen molar-refractivity contribution in [2.45, 2.75) is 31.0 Å². The predicted octanol–water partition coefficient (Wildman–Crippen LogP) is 2.07. The van der Waals surface area contributed by atoms with Gasteiger partial charge in [-0.05, 0) is 48.0 Å². The van der Waals surface area contributed by atoms with Gasteiger partial charge in [0.1, 0.15) is 4.21 Å². The van der Waals surface area contributed by atoms with E-state index in [9.17, 15) is 8.42 Å². The van der Waals surface area contributed by atoms with Gasteiger partial charge in [-0.1, -0.05) is 24.6 Å². The lowest BCUT2D eigenvalue weighted by Crippen LogP contribution is -2.24. The van der Waals surface area contributed by atoms with Crippen LogP contribution in [0.15, 0.2) is 40.6 Å². The maximum Gasteiger partial charge on any atom is 0.250 e. The zero-order valence-electron chi connectivity index (χ0n) is 13.3. The first-order valence-corrected chi connectivity index (χ1v) is 9.72. The number of hydrogen-bond acceptors (Lipinski definition) is 6. The predicted molar refractivity (Wildman–Crippen MR) is 91.6 cm³/mol. The number of sulfonamides is 1. The average Bonchev–Trinajstić information content (AvgIpc) is 3.23. The molecule has 2 heterocycles. The summed E-state index contributed by atoms with van der Waals surface area (Å²) < 4.78 is 29.1. The summed E-state index contributed by atoms with van der Waals surface area (Å²) in [5, 5.41) is 11.5. The van der Waals surface area contributed by atoms with Crippen molar-refractivity contribution in [3.8, 4) is 5.69 Å². The van der Waals surface area contributed by atoms with Gasteiger partial charge in [0.25, 0.3) is 0 Å². The maximum absolute atomic E-state index is 12.4.